The molecule has 0 saturated heterocycles. The summed E-state index contributed by atoms with van der Waals surface area (Å²) in [6, 6.07) is 1.83. The van der Waals surface area contributed by atoms with E-state index < -0.39 is 0 Å². The van der Waals surface area contributed by atoms with E-state index in [0.717, 1.165) is 34.6 Å². The third-order valence-corrected chi connectivity index (χ3v) is 3.76. The van der Waals surface area contributed by atoms with Gasteiger partial charge in [0.25, 0.3) is 0 Å². The van der Waals surface area contributed by atoms with Crippen molar-refractivity contribution in [3.8, 4) is 17.1 Å². The van der Waals surface area contributed by atoms with Crippen LogP contribution in [0.4, 0.5) is 0 Å². The normalized spacial score (nSPS) is 14.2. The van der Waals surface area contributed by atoms with Crippen LogP contribution in [0.25, 0.3) is 16.8 Å². The molecule has 6 heteroatoms. The van der Waals surface area contributed by atoms with Crippen molar-refractivity contribution in [2.45, 2.75) is 6.92 Å². The molecular weight excluding hydrogens is 300 g/mol. The second-order valence-corrected chi connectivity index (χ2v) is 5.56. The number of hydrogen-bond acceptors (Lipinski definition) is 4. The molecule has 22 heavy (non-hydrogen) atoms. The monoisotopic (exact) mass is 316 g/mol. The van der Waals surface area contributed by atoms with E-state index in [1.165, 1.54) is 0 Å². The zero-order valence-electron chi connectivity index (χ0n) is 12.7. The van der Waals surface area contributed by atoms with E-state index in [4.69, 9.17) is 16.3 Å². The van der Waals surface area contributed by atoms with Gasteiger partial charge in [-0.3, -0.25) is 4.68 Å². The highest BCUT2D eigenvalue weighted by Crippen LogP contribution is 2.32. The van der Waals surface area contributed by atoms with E-state index >= 15 is 0 Å². The Morgan fingerprint density at radius 1 is 1.41 bits per heavy atom. The van der Waals surface area contributed by atoms with E-state index in [-0.39, 0.29) is 0 Å². The smallest absolute Gasteiger partial charge is 0.232 e. The highest BCUT2D eigenvalue weighted by molar-refractivity contribution is 6.32. The maximum atomic E-state index is 6.19. The van der Waals surface area contributed by atoms with Gasteiger partial charge < -0.3 is 10.1 Å². The molecule has 1 aliphatic rings. The number of halogens is 1. The van der Waals surface area contributed by atoms with Gasteiger partial charge in [-0.05, 0) is 24.6 Å². The van der Waals surface area contributed by atoms with Gasteiger partial charge in [0.1, 0.15) is 10.7 Å². The van der Waals surface area contributed by atoms with Crippen LogP contribution in [-0.4, -0.2) is 28.4 Å². The Bertz CT molecular complexity index is 776. The van der Waals surface area contributed by atoms with Gasteiger partial charge in [-0.1, -0.05) is 17.7 Å². The van der Waals surface area contributed by atoms with Crippen molar-refractivity contribution in [1.29, 1.82) is 0 Å². The van der Waals surface area contributed by atoms with Gasteiger partial charge in [0.05, 0.1) is 7.11 Å². The molecule has 0 fully saturated rings. The highest BCUT2D eigenvalue weighted by Gasteiger charge is 2.16. The van der Waals surface area contributed by atoms with E-state index in [0.29, 0.717) is 10.9 Å². The van der Waals surface area contributed by atoms with Gasteiger partial charge in [-0.25, -0.2) is 4.98 Å². The number of pyridine rings is 1. The van der Waals surface area contributed by atoms with Crippen LogP contribution in [-0.2, 0) is 7.05 Å². The van der Waals surface area contributed by atoms with Gasteiger partial charge in [0, 0.05) is 42.8 Å². The van der Waals surface area contributed by atoms with E-state index in [2.05, 4.69) is 34.5 Å². The lowest BCUT2D eigenvalue weighted by Gasteiger charge is -2.13. The molecule has 0 spiro atoms. The Morgan fingerprint density at radius 3 is 2.91 bits per heavy atom. The fourth-order valence-corrected chi connectivity index (χ4v) is 2.71. The number of aromatic nitrogens is 3. The molecule has 5 nitrogen and oxygen atoms in total. The first-order valence-electron chi connectivity index (χ1n) is 6.94. The van der Waals surface area contributed by atoms with Gasteiger partial charge >= 0.3 is 0 Å². The summed E-state index contributed by atoms with van der Waals surface area (Å²) in [5, 5.41) is 8.32. The summed E-state index contributed by atoms with van der Waals surface area (Å²) in [7, 11) is 3.46. The summed E-state index contributed by atoms with van der Waals surface area (Å²) in [5.41, 5.74) is 5.07. The number of rotatable bonds is 3. The van der Waals surface area contributed by atoms with Crippen LogP contribution in [0.5, 0.6) is 5.88 Å². The zero-order valence-corrected chi connectivity index (χ0v) is 13.5. The summed E-state index contributed by atoms with van der Waals surface area (Å²) in [6.07, 6.45) is 8.00. The third kappa shape index (κ3) is 2.72. The number of allylic oxidation sites excluding steroid dienone is 3. The van der Waals surface area contributed by atoms with E-state index in [1.54, 1.807) is 18.0 Å². The SMILES string of the molecule is COc1ncc(-c2nn(C)cc2C2=CCNC(C)=C2)cc1Cl. The average Bonchev–Trinajstić information content (AvgIpc) is 2.89. The summed E-state index contributed by atoms with van der Waals surface area (Å²) in [4.78, 5) is 4.23. The lowest BCUT2D eigenvalue weighted by molar-refractivity contribution is 0.398. The molecule has 3 heterocycles. The maximum Gasteiger partial charge on any atom is 0.232 e. The fourth-order valence-electron chi connectivity index (χ4n) is 2.47. The van der Waals surface area contributed by atoms with Crippen molar-refractivity contribution in [2.75, 3.05) is 13.7 Å². The van der Waals surface area contributed by atoms with Crippen molar-refractivity contribution in [1.82, 2.24) is 20.1 Å². The number of aryl methyl sites for hydroxylation is 1. The number of dihydropyridines is 1. The van der Waals surface area contributed by atoms with Crippen molar-refractivity contribution < 1.29 is 4.74 Å². The molecule has 0 amide bonds. The molecule has 1 aliphatic heterocycles. The molecule has 0 aromatic carbocycles. The van der Waals surface area contributed by atoms with Crippen LogP contribution in [0, 0.1) is 0 Å². The average molecular weight is 317 g/mol. The summed E-state index contributed by atoms with van der Waals surface area (Å²) >= 11 is 6.19. The summed E-state index contributed by atoms with van der Waals surface area (Å²) < 4.78 is 6.90. The van der Waals surface area contributed by atoms with Crippen molar-refractivity contribution in [3.05, 3.63) is 46.9 Å². The number of methoxy groups -OCH3 is 1. The van der Waals surface area contributed by atoms with Crippen molar-refractivity contribution >= 4 is 17.2 Å². The molecule has 2 aromatic heterocycles. The minimum Gasteiger partial charge on any atom is -0.480 e. The van der Waals surface area contributed by atoms with Crippen LogP contribution < -0.4 is 10.1 Å². The van der Waals surface area contributed by atoms with Crippen LogP contribution >= 0.6 is 11.6 Å². The number of nitrogens with zero attached hydrogens (tertiary/aromatic N) is 3. The van der Waals surface area contributed by atoms with Gasteiger partial charge in [-0.15, -0.1) is 0 Å². The van der Waals surface area contributed by atoms with Crippen LogP contribution in [0.15, 0.2) is 36.3 Å². The minimum absolute atomic E-state index is 0.416. The first kappa shape index (κ1) is 14.7. The lowest BCUT2D eigenvalue weighted by Crippen LogP contribution is -2.14. The number of ether oxygens (including phenoxy) is 1. The second kappa shape index (κ2) is 5.85. The Hall–Kier alpha value is -2.27. The molecule has 0 atom stereocenters. The third-order valence-electron chi connectivity index (χ3n) is 3.49. The molecule has 114 valence electrons. The topological polar surface area (TPSA) is 52.0 Å². The van der Waals surface area contributed by atoms with Gasteiger partial charge in [0.15, 0.2) is 0 Å². The Morgan fingerprint density at radius 2 is 2.23 bits per heavy atom. The molecule has 1 N–H and O–H groups in total. The molecule has 0 unspecified atom stereocenters. The zero-order chi connectivity index (χ0) is 15.7. The summed E-state index contributed by atoms with van der Waals surface area (Å²) in [5.74, 6) is 0.416. The molecule has 0 aliphatic carbocycles. The molecule has 0 saturated carbocycles. The Kier molecular flexibility index (Phi) is 3.90. The molecular formula is C16H17ClN4O. The Balaban J connectivity index is 2.09. The summed E-state index contributed by atoms with van der Waals surface area (Å²) in [6.45, 7) is 2.86. The van der Waals surface area contributed by atoms with Crippen molar-refractivity contribution in [3.63, 3.8) is 0 Å². The first-order chi connectivity index (χ1) is 10.6. The predicted octanol–water partition coefficient (Wildman–Crippen LogP) is 3.03. The molecule has 0 bridgehead atoms. The van der Waals surface area contributed by atoms with E-state index in [9.17, 15) is 0 Å². The lowest BCUT2D eigenvalue weighted by atomic mass is 10.00. The van der Waals surface area contributed by atoms with Gasteiger partial charge in [0.2, 0.25) is 5.88 Å². The van der Waals surface area contributed by atoms with Crippen molar-refractivity contribution in [2.24, 2.45) is 7.05 Å². The maximum absolute atomic E-state index is 6.19. The first-order valence-corrected chi connectivity index (χ1v) is 7.32. The minimum atomic E-state index is 0.416. The fraction of sp³-hybridized carbons (Fsp3) is 0.250. The van der Waals surface area contributed by atoms with E-state index in [1.807, 2.05) is 19.3 Å². The van der Waals surface area contributed by atoms with Gasteiger partial charge in [-0.2, -0.15) is 5.10 Å². The second-order valence-electron chi connectivity index (χ2n) is 5.15. The standard InChI is InChI=1S/C16H17ClN4O/c1-10-6-11(4-5-18-10)13-9-21(2)20-15(13)12-7-14(17)16(22-3)19-8-12/h4,6-9,18H,5H2,1-3H3. The van der Waals surface area contributed by atoms with Crippen LogP contribution in [0.3, 0.4) is 0 Å². The predicted molar refractivity (Wildman–Crippen MR) is 87.7 cm³/mol. The van der Waals surface area contributed by atoms with Crippen LogP contribution in [0.2, 0.25) is 5.02 Å². The molecule has 2 aromatic rings. The molecule has 3 rings (SSSR count). The highest BCUT2D eigenvalue weighted by atomic mass is 35.5. The largest absolute Gasteiger partial charge is 0.480 e. The number of nitrogens with one attached hydrogen (secondary N) is 1. The van der Waals surface area contributed by atoms with Crippen LogP contribution in [0.1, 0.15) is 12.5 Å². The Labute approximate surface area is 134 Å². The number of hydrogen-bond donors (Lipinski definition) is 1. The quantitative estimate of drug-likeness (QED) is 0.945. The molecule has 0 radical (unpaired) electrons.